The first-order valence-corrected chi connectivity index (χ1v) is 5.56. The van der Waals surface area contributed by atoms with Crippen LogP contribution in [-0.4, -0.2) is 19.6 Å². The van der Waals surface area contributed by atoms with Crippen LogP contribution in [0.2, 0.25) is 0 Å². The minimum atomic E-state index is 0.787. The largest absolute Gasteiger partial charge is 0.213 e. The molecule has 2 aromatic heterocycles. The Balaban J connectivity index is 2.23. The maximum atomic E-state index is 4.49. The molecule has 0 bridgehead atoms. The first-order chi connectivity index (χ1) is 8.38. The first-order valence-electron chi connectivity index (χ1n) is 5.56. The molecule has 17 heavy (non-hydrogen) atoms. The molecule has 4 heteroatoms. The van der Waals surface area contributed by atoms with E-state index < -0.39 is 0 Å². The molecular formula is C13H11N4. The Kier molecular flexibility index (Phi) is 2.33. The molecule has 1 aromatic carbocycles. The average molecular weight is 223 g/mol. The van der Waals surface area contributed by atoms with Crippen LogP contribution in [0.3, 0.4) is 0 Å². The van der Waals surface area contributed by atoms with Crippen molar-refractivity contribution in [2.75, 3.05) is 0 Å². The second-order valence-corrected chi connectivity index (χ2v) is 3.75. The van der Waals surface area contributed by atoms with Gasteiger partial charge in [-0.15, -0.1) is 0 Å². The third-order valence-corrected chi connectivity index (χ3v) is 2.65. The van der Waals surface area contributed by atoms with Crippen molar-refractivity contribution in [2.45, 2.75) is 13.3 Å². The first kappa shape index (κ1) is 9.96. The molecule has 0 unspecified atom stereocenters. The Bertz CT molecular complexity index is 643. The van der Waals surface area contributed by atoms with Crippen LogP contribution in [0.5, 0.6) is 0 Å². The second kappa shape index (κ2) is 3.97. The van der Waals surface area contributed by atoms with Crippen molar-refractivity contribution in [1.29, 1.82) is 0 Å². The van der Waals surface area contributed by atoms with Gasteiger partial charge in [0, 0.05) is 12.0 Å². The summed E-state index contributed by atoms with van der Waals surface area (Å²) in [5.74, 6) is 0.787. The van der Waals surface area contributed by atoms with E-state index in [0.717, 1.165) is 29.0 Å². The molecule has 0 amide bonds. The molecule has 3 rings (SSSR count). The zero-order chi connectivity index (χ0) is 11.7. The van der Waals surface area contributed by atoms with Crippen LogP contribution in [0, 0.1) is 6.33 Å². The summed E-state index contributed by atoms with van der Waals surface area (Å²) in [6.45, 7) is 2.03. The normalized spacial score (nSPS) is 10.9. The van der Waals surface area contributed by atoms with Crippen LogP contribution in [0.1, 0.15) is 12.7 Å². The summed E-state index contributed by atoms with van der Waals surface area (Å²) < 4.78 is 1.58. The van der Waals surface area contributed by atoms with Gasteiger partial charge in [0.2, 0.25) is 6.33 Å². The van der Waals surface area contributed by atoms with Crippen molar-refractivity contribution in [2.24, 2.45) is 0 Å². The quantitative estimate of drug-likeness (QED) is 0.668. The number of hydrogen-bond donors (Lipinski definition) is 0. The van der Waals surface area contributed by atoms with Crippen LogP contribution >= 0.6 is 0 Å². The zero-order valence-electron chi connectivity index (χ0n) is 9.46. The molecular weight excluding hydrogens is 212 g/mol. The van der Waals surface area contributed by atoms with Gasteiger partial charge in [-0.3, -0.25) is 0 Å². The van der Waals surface area contributed by atoms with Crippen molar-refractivity contribution >= 4 is 5.65 Å². The third-order valence-electron chi connectivity index (χ3n) is 2.65. The van der Waals surface area contributed by atoms with E-state index in [9.17, 15) is 0 Å². The molecule has 0 saturated heterocycles. The molecule has 0 fully saturated rings. The highest BCUT2D eigenvalue weighted by molar-refractivity contribution is 5.76. The van der Waals surface area contributed by atoms with Gasteiger partial charge in [0.25, 0.3) is 0 Å². The molecule has 3 aromatic rings. The Morgan fingerprint density at radius 2 is 2.06 bits per heavy atom. The highest BCUT2D eigenvalue weighted by Gasteiger charge is 2.08. The molecule has 2 heterocycles. The Hall–Kier alpha value is -2.23. The monoisotopic (exact) mass is 223 g/mol. The fraction of sp³-hybridized carbons (Fsp3) is 0.154. The lowest BCUT2D eigenvalue weighted by atomic mass is 10.1. The lowest BCUT2D eigenvalue weighted by Gasteiger charge is -1.99. The van der Waals surface area contributed by atoms with Crippen LogP contribution in [0.15, 0.2) is 36.5 Å². The van der Waals surface area contributed by atoms with Gasteiger partial charge >= 0.3 is 0 Å². The van der Waals surface area contributed by atoms with Gasteiger partial charge < -0.3 is 0 Å². The lowest BCUT2D eigenvalue weighted by Crippen LogP contribution is -1.99. The number of nitrogens with zero attached hydrogens (tertiary/aromatic N) is 4. The highest BCUT2D eigenvalue weighted by Crippen LogP contribution is 2.22. The van der Waals surface area contributed by atoms with Crippen molar-refractivity contribution in [3.63, 3.8) is 0 Å². The Morgan fingerprint density at radius 3 is 2.82 bits per heavy atom. The third kappa shape index (κ3) is 1.67. The van der Waals surface area contributed by atoms with Crippen molar-refractivity contribution in [3.05, 3.63) is 48.7 Å². The lowest BCUT2D eigenvalue weighted by molar-refractivity contribution is 0.830. The van der Waals surface area contributed by atoms with Gasteiger partial charge in [-0.2, -0.15) is 9.61 Å². The molecule has 0 atom stereocenters. The Morgan fingerprint density at radius 1 is 1.24 bits per heavy atom. The fourth-order valence-electron chi connectivity index (χ4n) is 1.75. The number of hydrogen-bond acceptors (Lipinski definition) is 3. The number of benzene rings is 1. The molecule has 0 saturated carbocycles. The molecule has 1 radical (unpaired) electrons. The molecule has 0 aliphatic carbocycles. The van der Waals surface area contributed by atoms with Gasteiger partial charge in [0.15, 0.2) is 5.65 Å². The van der Waals surface area contributed by atoms with E-state index in [1.807, 2.05) is 37.3 Å². The summed E-state index contributed by atoms with van der Waals surface area (Å²) in [6, 6.07) is 10.1. The predicted octanol–water partition coefficient (Wildman–Crippen LogP) is 2.15. The van der Waals surface area contributed by atoms with Crippen LogP contribution in [0.25, 0.3) is 16.8 Å². The topological polar surface area (TPSA) is 43.1 Å². The zero-order valence-corrected chi connectivity index (χ0v) is 9.46. The van der Waals surface area contributed by atoms with Crippen LogP contribution < -0.4 is 0 Å². The fourth-order valence-corrected chi connectivity index (χ4v) is 1.75. The van der Waals surface area contributed by atoms with Crippen molar-refractivity contribution in [1.82, 2.24) is 19.6 Å². The summed E-state index contributed by atoms with van der Waals surface area (Å²) in [5.41, 5.74) is 2.93. The molecule has 0 spiro atoms. The van der Waals surface area contributed by atoms with Crippen molar-refractivity contribution < 1.29 is 0 Å². The Labute approximate surface area is 99.0 Å². The molecule has 0 aliphatic rings. The number of aryl methyl sites for hydroxylation is 1. The molecule has 0 aliphatic heterocycles. The average Bonchev–Trinajstić information content (AvgIpc) is 2.82. The van der Waals surface area contributed by atoms with E-state index in [0.29, 0.717) is 0 Å². The summed E-state index contributed by atoms with van der Waals surface area (Å²) in [5, 5.41) is 4.21. The summed E-state index contributed by atoms with van der Waals surface area (Å²) in [4.78, 5) is 8.58. The smallest absolute Gasteiger partial charge is 0.202 e. The van der Waals surface area contributed by atoms with Gasteiger partial charge in [-0.1, -0.05) is 37.3 Å². The number of fused-ring (bicyclic) bond motifs is 1. The predicted molar refractivity (Wildman–Crippen MR) is 64.4 cm³/mol. The maximum absolute atomic E-state index is 4.49. The van der Waals surface area contributed by atoms with Gasteiger partial charge in [0.1, 0.15) is 5.82 Å². The molecule has 4 nitrogen and oxygen atoms in total. The second-order valence-electron chi connectivity index (χ2n) is 3.75. The summed E-state index contributed by atoms with van der Waals surface area (Å²) in [6.07, 6.45) is 5.45. The van der Waals surface area contributed by atoms with Crippen LogP contribution in [0.4, 0.5) is 0 Å². The van der Waals surface area contributed by atoms with E-state index in [2.05, 4.69) is 21.4 Å². The van der Waals surface area contributed by atoms with Crippen LogP contribution in [-0.2, 0) is 6.42 Å². The van der Waals surface area contributed by atoms with E-state index in [1.54, 1.807) is 10.7 Å². The van der Waals surface area contributed by atoms with Gasteiger partial charge in [-0.05, 0) is 5.56 Å². The summed E-state index contributed by atoms with van der Waals surface area (Å²) in [7, 11) is 0. The molecule has 0 N–H and O–H groups in total. The maximum Gasteiger partial charge on any atom is 0.202 e. The van der Waals surface area contributed by atoms with E-state index in [-0.39, 0.29) is 0 Å². The molecule has 83 valence electrons. The van der Waals surface area contributed by atoms with Crippen molar-refractivity contribution in [3.8, 4) is 11.1 Å². The SMILES string of the molecule is CCc1n[c]n2ncc(-c3ccccc3)c2n1. The van der Waals surface area contributed by atoms with E-state index >= 15 is 0 Å². The number of rotatable bonds is 2. The standard InChI is InChI=1S/C13H11N4/c1-2-12-14-9-17-13(16-12)11(8-15-17)10-6-4-3-5-7-10/h3-8H,2H2,1H3. The minimum Gasteiger partial charge on any atom is -0.213 e. The minimum absolute atomic E-state index is 0.787. The summed E-state index contributed by atoms with van der Waals surface area (Å²) >= 11 is 0. The van der Waals surface area contributed by atoms with E-state index in [4.69, 9.17) is 0 Å². The number of aromatic nitrogens is 4. The highest BCUT2D eigenvalue weighted by atomic mass is 15.3. The van der Waals surface area contributed by atoms with Gasteiger partial charge in [0.05, 0.1) is 6.20 Å². The van der Waals surface area contributed by atoms with Gasteiger partial charge in [-0.25, -0.2) is 9.97 Å². The van der Waals surface area contributed by atoms with E-state index in [1.165, 1.54) is 0 Å².